The minimum atomic E-state index is -0.956. The standard InChI is InChI=1S/C42H46N4O5S/c1-3-9-38-44-40-29(2)24-33(26-37(40)46(38)27-31-14-16-32(17-15-31)35-12-7-8-13-36(35)42(49)50)41(48)43-34(25-30-10-5-4-6-11-30)28-52-39(47)18-19-45-20-22-51-23-21-45/h4-8,10-17,24,26,34H,3,9,18-23,25,27-28H2,1-2H3,(H,43,48)(H,49,50). The predicted octanol–water partition coefficient (Wildman–Crippen LogP) is 7.03. The first-order valence-electron chi connectivity index (χ1n) is 18.0. The lowest BCUT2D eigenvalue weighted by atomic mass is 9.98. The number of hydrogen-bond donors (Lipinski definition) is 2. The van der Waals surface area contributed by atoms with Gasteiger partial charge < -0.3 is 19.7 Å². The molecule has 0 bridgehead atoms. The summed E-state index contributed by atoms with van der Waals surface area (Å²) in [6.45, 7) is 8.51. The van der Waals surface area contributed by atoms with Gasteiger partial charge in [-0.3, -0.25) is 14.5 Å². The first-order valence-corrected chi connectivity index (χ1v) is 19.0. The topological polar surface area (TPSA) is 114 Å². The van der Waals surface area contributed by atoms with E-state index in [-0.39, 0.29) is 22.6 Å². The summed E-state index contributed by atoms with van der Waals surface area (Å²) in [5, 5.41) is 13.1. The number of morpholine rings is 1. The summed E-state index contributed by atoms with van der Waals surface area (Å²) in [5.41, 5.74) is 7.15. The highest BCUT2D eigenvalue weighted by atomic mass is 32.2. The number of amides is 1. The van der Waals surface area contributed by atoms with Crippen LogP contribution in [-0.2, 0) is 28.9 Å². The summed E-state index contributed by atoms with van der Waals surface area (Å²) in [5.74, 6) is 0.294. The van der Waals surface area contributed by atoms with Gasteiger partial charge in [-0.05, 0) is 65.8 Å². The molecule has 1 aliphatic rings. The van der Waals surface area contributed by atoms with Gasteiger partial charge in [0.05, 0.1) is 29.8 Å². The SMILES string of the molecule is CCCc1nc2c(C)cc(C(=O)NC(CSC(=O)CCN3CCOCC3)Cc3ccccc3)cc2n1Cc1ccc(-c2ccccc2C(=O)O)cc1. The van der Waals surface area contributed by atoms with Crippen molar-refractivity contribution in [3.05, 3.63) is 125 Å². The number of fused-ring (bicyclic) bond motifs is 1. The van der Waals surface area contributed by atoms with E-state index in [1.807, 2.05) is 85.8 Å². The van der Waals surface area contributed by atoms with E-state index in [1.54, 1.807) is 12.1 Å². The fourth-order valence-electron chi connectivity index (χ4n) is 6.72. The Balaban J connectivity index is 1.21. The normalized spacial score (nSPS) is 14.0. The quantitative estimate of drug-likeness (QED) is 0.119. The lowest BCUT2D eigenvalue weighted by Crippen LogP contribution is -2.39. The summed E-state index contributed by atoms with van der Waals surface area (Å²) in [7, 11) is 0. The third-order valence-corrected chi connectivity index (χ3v) is 10.6. The van der Waals surface area contributed by atoms with Crippen molar-refractivity contribution in [2.45, 2.75) is 52.1 Å². The number of aromatic nitrogens is 2. The van der Waals surface area contributed by atoms with Gasteiger partial charge in [-0.2, -0.15) is 0 Å². The van der Waals surface area contributed by atoms with E-state index in [0.29, 0.717) is 49.5 Å². The molecule has 9 nitrogen and oxygen atoms in total. The monoisotopic (exact) mass is 718 g/mol. The van der Waals surface area contributed by atoms with Crippen LogP contribution in [0.25, 0.3) is 22.2 Å². The van der Waals surface area contributed by atoms with Gasteiger partial charge in [0.1, 0.15) is 5.82 Å². The van der Waals surface area contributed by atoms with E-state index in [4.69, 9.17) is 9.72 Å². The van der Waals surface area contributed by atoms with Crippen molar-refractivity contribution in [2.75, 3.05) is 38.6 Å². The number of benzene rings is 4. The Morgan fingerprint density at radius 2 is 1.67 bits per heavy atom. The molecule has 1 unspecified atom stereocenters. The summed E-state index contributed by atoms with van der Waals surface area (Å²) in [6, 6.07) is 28.6. The largest absolute Gasteiger partial charge is 0.478 e. The number of aromatic carboxylic acids is 1. The fraction of sp³-hybridized carbons (Fsp3) is 0.333. The van der Waals surface area contributed by atoms with Crippen molar-refractivity contribution in [3.63, 3.8) is 0 Å². The lowest BCUT2D eigenvalue weighted by molar-refractivity contribution is -0.111. The van der Waals surface area contributed by atoms with Crippen LogP contribution in [0.4, 0.5) is 0 Å². The molecule has 4 aromatic carbocycles. The second kappa shape index (κ2) is 17.6. The molecule has 2 heterocycles. The third-order valence-electron chi connectivity index (χ3n) is 9.46. The average Bonchev–Trinajstić information content (AvgIpc) is 3.51. The number of carboxylic acid groups (broad SMARTS) is 1. The van der Waals surface area contributed by atoms with E-state index in [2.05, 4.69) is 21.7 Å². The van der Waals surface area contributed by atoms with Crippen LogP contribution >= 0.6 is 11.8 Å². The molecule has 1 aliphatic heterocycles. The van der Waals surface area contributed by atoms with Gasteiger partial charge in [0, 0.05) is 56.4 Å². The zero-order valence-corrected chi connectivity index (χ0v) is 30.7. The van der Waals surface area contributed by atoms with Gasteiger partial charge in [-0.25, -0.2) is 9.78 Å². The molecule has 0 radical (unpaired) electrons. The number of imidazole rings is 1. The van der Waals surface area contributed by atoms with Gasteiger partial charge in [0.2, 0.25) is 0 Å². The van der Waals surface area contributed by atoms with Crippen LogP contribution < -0.4 is 5.32 Å². The average molecular weight is 719 g/mol. The molecule has 5 aromatic rings. The van der Waals surface area contributed by atoms with Crippen LogP contribution in [0, 0.1) is 6.92 Å². The second-order valence-electron chi connectivity index (χ2n) is 13.3. The molecule has 270 valence electrons. The maximum absolute atomic E-state index is 14.0. The van der Waals surface area contributed by atoms with Crippen molar-refractivity contribution < 1.29 is 24.2 Å². The van der Waals surface area contributed by atoms with E-state index in [0.717, 1.165) is 71.6 Å². The highest BCUT2D eigenvalue weighted by Crippen LogP contribution is 2.27. The molecule has 0 saturated carbocycles. The Morgan fingerprint density at radius 3 is 2.40 bits per heavy atom. The first kappa shape index (κ1) is 37.0. The predicted molar refractivity (Wildman–Crippen MR) is 207 cm³/mol. The Morgan fingerprint density at radius 1 is 0.942 bits per heavy atom. The number of rotatable bonds is 15. The maximum Gasteiger partial charge on any atom is 0.336 e. The summed E-state index contributed by atoms with van der Waals surface area (Å²) < 4.78 is 7.61. The molecule has 1 fully saturated rings. The Kier molecular flexibility index (Phi) is 12.5. The Hall–Kier alpha value is -4.77. The number of carbonyl (C=O) groups is 3. The van der Waals surface area contributed by atoms with E-state index in [9.17, 15) is 19.5 Å². The molecule has 10 heteroatoms. The van der Waals surface area contributed by atoms with Gasteiger partial charge >= 0.3 is 5.97 Å². The van der Waals surface area contributed by atoms with E-state index >= 15 is 0 Å². The van der Waals surface area contributed by atoms with Gasteiger partial charge in [-0.15, -0.1) is 0 Å². The number of nitrogens with zero attached hydrogens (tertiary/aromatic N) is 3. The van der Waals surface area contributed by atoms with Crippen molar-refractivity contribution in [2.24, 2.45) is 0 Å². The smallest absolute Gasteiger partial charge is 0.336 e. The van der Waals surface area contributed by atoms with Gasteiger partial charge in [-0.1, -0.05) is 91.5 Å². The molecule has 1 saturated heterocycles. The van der Waals surface area contributed by atoms with E-state index in [1.165, 1.54) is 11.8 Å². The summed E-state index contributed by atoms with van der Waals surface area (Å²) in [6.07, 6.45) is 2.79. The number of ether oxygens (including phenoxy) is 1. The van der Waals surface area contributed by atoms with E-state index < -0.39 is 5.97 Å². The molecule has 0 spiro atoms. The van der Waals surface area contributed by atoms with Crippen molar-refractivity contribution >= 4 is 39.8 Å². The number of thioether (sulfide) groups is 1. The molecule has 1 atom stereocenters. The molecular weight excluding hydrogens is 673 g/mol. The van der Waals surface area contributed by atoms with Crippen LogP contribution in [0.15, 0.2) is 91.0 Å². The summed E-state index contributed by atoms with van der Waals surface area (Å²) >= 11 is 1.29. The number of aryl methyl sites for hydroxylation is 2. The van der Waals surface area contributed by atoms with Crippen molar-refractivity contribution in [1.82, 2.24) is 19.8 Å². The minimum absolute atomic E-state index is 0.127. The number of carboxylic acids is 1. The van der Waals surface area contributed by atoms with Crippen LogP contribution in [0.2, 0.25) is 0 Å². The maximum atomic E-state index is 14.0. The van der Waals surface area contributed by atoms with Crippen LogP contribution in [0.5, 0.6) is 0 Å². The summed E-state index contributed by atoms with van der Waals surface area (Å²) in [4.78, 5) is 46.0. The molecule has 2 N–H and O–H groups in total. The number of nitrogens with one attached hydrogen (secondary N) is 1. The zero-order valence-electron chi connectivity index (χ0n) is 29.8. The third kappa shape index (κ3) is 9.36. The first-order chi connectivity index (χ1) is 25.3. The highest BCUT2D eigenvalue weighted by molar-refractivity contribution is 8.13. The number of carbonyl (C=O) groups excluding carboxylic acids is 2. The zero-order chi connectivity index (χ0) is 36.5. The Labute approximate surface area is 309 Å². The lowest BCUT2D eigenvalue weighted by Gasteiger charge is -2.26. The van der Waals surface area contributed by atoms with Gasteiger partial charge in [0.25, 0.3) is 5.91 Å². The van der Waals surface area contributed by atoms with Gasteiger partial charge in [0.15, 0.2) is 5.12 Å². The molecule has 1 aromatic heterocycles. The highest BCUT2D eigenvalue weighted by Gasteiger charge is 2.21. The second-order valence-corrected chi connectivity index (χ2v) is 14.4. The molecule has 6 rings (SSSR count). The fourth-order valence-corrected chi connectivity index (χ4v) is 7.54. The van der Waals surface area contributed by atoms with Crippen LogP contribution in [-0.4, -0.2) is 81.2 Å². The Bertz CT molecular complexity index is 2000. The molecular formula is C42H46N4O5S. The number of hydrogen-bond acceptors (Lipinski definition) is 7. The molecule has 1 amide bonds. The molecule has 52 heavy (non-hydrogen) atoms. The van der Waals surface area contributed by atoms with Crippen molar-refractivity contribution in [3.8, 4) is 11.1 Å². The minimum Gasteiger partial charge on any atom is -0.478 e. The van der Waals surface area contributed by atoms with Crippen LogP contribution in [0.1, 0.15) is 63.0 Å². The van der Waals surface area contributed by atoms with Crippen LogP contribution in [0.3, 0.4) is 0 Å². The van der Waals surface area contributed by atoms with Crippen molar-refractivity contribution in [1.29, 1.82) is 0 Å². The molecule has 0 aliphatic carbocycles.